The van der Waals surface area contributed by atoms with Crippen molar-refractivity contribution in [2.24, 2.45) is 4.99 Å². The third-order valence-electron chi connectivity index (χ3n) is 5.10. The molecule has 28 heavy (non-hydrogen) atoms. The monoisotopic (exact) mass is 379 g/mol. The molecule has 1 aromatic carbocycles. The minimum atomic E-state index is 0.355. The third-order valence-corrected chi connectivity index (χ3v) is 5.10. The maximum Gasteiger partial charge on any atom is 0.191 e. The summed E-state index contributed by atoms with van der Waals surface area (Å²) in [5.41, 5.74) is 2.51. The summed E-state index contributed by atoms with van der Waals surface area (Å²) in [4.78, 5) is 11.7. The Hall–Kier alpha value is -2.56. The molecule has 5 heteroatoms. The third kappa shape index (κ3) is 6.25. The summed E-state index contributed by atoms with van der Waals surface area (Å²) in [6.45, 7) is 8.04. The molecule has 0 saturated carbocycles. The number of aliphatic imine (C=N–C) groups is 1. The minimum absolute atomic E-state index is 0.355. The SMILES string of the molecule is CCNC(=NCc1ccc(N2CCCC2)nc1)NC(C)CCc1ccccc1. The van der Waals surface area contributed by atoms with Crippen LogP contribution in [-0.2, 0) is 13.0 Å². The van der Waals surface area contributed by atoms with Crippen LogP contribution in [0.4, 0.5) is 5.82 Å². The lowest BCUT2D eigenvalue weighted by Gasteiger charge is -2.18. The highest BCUT2D eigenvalue weighted by Crippen LogP contribution is 2.17. The van der Waals surface area contributed by atoms with Crippen LogP contribution in [0.5, 0.6) is 0 Å². The van der Waals surface area contributed by atoms with Gasteiger partial charge in [0.25, 0.3) is 0 Å². The van der Waals surface area contributed by atoms with Gasteiger partial charge >= 0.3 is 0 Å². The quantitative estimate of drug-likeness (QED) is 0.542. The highest BCUT2D eigenvalue weighted by atomic mass is 15.2. The second-order valence-electron chi connectivity index (χ2n) is 7.48. The fourth-order valence-corrected chi connectivity index (χ4v) is 3.47. The van der Waals surface area contributed by atoms with Crippen LogP contribution < -0.4 is 15.5 Å². The van der Waals surface area contributed by atoms with E-state index in [1.165, 1.54) is 18.4 Å². The van der Waals surface area contributed by atoms with Crippen molar-refractivity contribution in [3.8, 4) is 0 Å². The van der Waals surface area contributed by atoms with Crippen LogP contribution in [0.15, 0.2) is 53.7 Å². The van der Waals surface area contributed by atoms with E-state index in [0.717, 1.165) is 49.8 Å². The molecule has 0 aliphatic carbocycles. The number of nitrogens with zero attached hydrogens (tertiary/aromatic N) is 3. The zero-order chi connectivity index (χ0) is 19.6. The number of benzene rings is 1. The highest BCUT2D eigenvalue weighted by molar-refractivity contribution is 5.80. The van der Waals surface area contributed by atoms with Crippen molar-refractivity contribution in [2.75, 3.05) is 24.5 Å². The molecule has 1 aliphatic rings. The number of hydrogen-bond donors (Lipinski definition) is 2. The van der Waals surface area contributed by atoms with Crippen LogP contribution in [0, 0.1) is 0 Å². The Morgan fingerprint density at radius 1 is 1.11 bits per heavy atom. The Balaban J connectivity index is 1.51. The molecule has 0 amide bonds. The number of rotatable bonds is 8. The Morgan fingerprint density at radius 3 is 2.57 bits per heavy atom. The molecule has 2 N–H and O–H groups in total. The van der Waals surface area contributed by atoms with Gasteiger partial charge in [-0.1, -0.05) is 36.4 Å². The Kier molecular flexibility index (Phi) is 7.71. The van der Waals surface area contributed by atoms with Crippen molar-refractivity contribution in [1.29, 1.82) is 0 Å². The van der Waals surface area contributed by atoms with Gasteiger partial charge in [0, 0.05) is 31.9 Å². The molecule has 1 aliphatic heterocycles. The Morgan fingerprint density at radius 2 is 1.89 bits per heavy atom. The van der Waals surface area contributed by atoms with Crippen LogP contribution in [0.1, 0.15) is 44.2 Å². The number of aryl methyl sites for hydroxylation is 1. The van der Waals surface area contributed by atoms with Crippen molar-refractivity contribution in [3.63, 3.8) is 0 Å². The van der Waals surface area contributed by atoms with E-state index in [-0.39, 0.29) is 0 Å². The summed E-state index contributed by atoms with van der Waals surface area (Å²) >= 11 is 0. The predicted octanol–water partition coefficient (Wildman–Crippen LogP) is 3.76. The molecule has 2 aromatic rings. The molecule has 1 atom stereocenters. The highest BCUT2D eigenvalue weighted by Gasteiger charge is 2.13. The number of anilines is 1. The lowest BCUT2D eigenvalue weighted by molar-refractivity contribution is 0.593. The van der Waals surface area contributed by atoms with Gasteiger partial charge < -0.3 is 15.5 Å². The number of guanidine groups is 1. The van der Waals surface area contributed by atoms with Crippen LogP contribution in [0.2, 0.25) is 0 Å². The number of pyridine rings is 1. The fraction of sp³-hybridized carbons (Fsp3) is 0.478. The summed E-state index contributed by atoms with van der Waals surface area (Å²) in [5, 5.41) is 6.87. The standard InChI is InChI=1S/C23H33N5/c1-3-24-23(27-19(2)11-12-20-9-5-4-6-10-20)26-18-21-13-14-22(25-17-21)28-15-7-8-16-28/h4-6,9-10,13-14,17,19H,3,7-8,11-12,15-16,18H2,1-2H3,(H2,24,26,27). The second-order valence-corrected chi connectivity index (χ2v) is 7.48. The first-order valence-corrected chi connectivity index (χ1v) is 10.5. The van der Waals surface area contributed by atoms with E-state index in [9.17, 15) is 0 Å². The molecule has 1 unspecified atom stereocenters. The minimum Gasteiger partial charge on any atom is -0.357 e. The normalized spacial score (nSPS) is 15.5. The molecule has 0 radical (unpaired) electrons. The lowest BCUT2D eigenvalue weighted by atomic mass is 10.1. The van der Waals surface area contributed by atoms with Gasteiger partial charge in [0.2, 0.25) is 0 Å². The predicted molar refractivity (Wildman–Crippen MR) is 118 cm³/mol. The first-order valence-electron chi connectivity index (χ1n) is 10.5. The molecule has 2 heterocycles. The van der Waals surface area contributed by atoms with Gasteiger partial charge in [-0.25, -0.2) is 9.98 Å². The Labute approximate surface area is 169 Å². The molecule has 0 spiro atoms. The summed E-state index contributed by atoms with van der Waals surface area (Å²) in [7, 11) is 0. The van der Waals surface area contributed by atoms with Gasteiger partial charge in [-0.2, -0.15) is 0 Å². The zero-order valence-corrected chi connectivity index (χ0v) is 17.2. The topological polar surface area (TPSA) is 52.6 Å². The maximum absolute atomic E-state index is 4.75. The van der Waals surface area contributed by atoms with E-state index in [4.69, 9.17) is 4.99 Å². The summed E-state index contributed by atoms with van der Waals surface area (Å²) < 4.78 is 0. The van der Waals surface area contributed by atoms with Crippen molar-refractivity contribution in [1.82, 2.24) is 15.6 Å². The van der Waals surface area contributed by atoms with Gasteiger partial charge in [-0.3, -0.25) is 0 Å². The van der Waals surface area contributed by atoms with Crippen LogP contribution in [-0.4, -0.2) is 36.6 Å². The summed E-state index contributed by atoms with van der Waals surface area (Å²) in [6.07, 6.45) is 6.64. The van der Waals surface area contributed by atoms with Gasteiger partial charge in [0.1, 0.15) is 5.82 Å². The van der Waals surface area contributed by atoms with E-state index in [1.54, 1.807) is 0 Å². The van der Waals surface area contributed by atoms with Crippen molar-refractivity contribution >= 4 is 11.8 Å². The smallest absolute Gasteiger partial charge is 0.191 e. The van der Waals surface area contributed by atoms with Gasteiger partial charge in [-0.05, 0) is 56.7 Å². The molecule has 0 bridgehead atoms. The van der Waals surface area contributed by atoms with Crippen molar-refractivity contribution in [3.05, 3.63) is 59.8 Å². The van der Waals surface area contributed by atoms with Gasteiger partial charge in [0.15, 0.2) is 5.96 Å². The number of aromatic nitrogens is 1. The van der Waals surface area contributed by atoms with Gasteiger partial charge in [-0.15, -0.1) is 0 Å². The van der Waals surface area contributed by atoms with Crippen molar-refractivity contribution < 1.29 is 0 Å². The van der Waals surface area contributed by atoms with E-state index in [0.29, 0.717) is 12.6 Å². The largest absolute Gasteiger partial charge is 0.357 e. The van der Waals surface area contributed by atoms with E-state index in [1.807, 2.05) is 6.20 Å². The average Bonchev–Trinajstić information content (AvgIpc) is 3.27. The van der Waals surface area contributed by atoms with Gasteiger partial charge in [0.05, 0.1) is 6.54 Å². The zero-order valence-electron chi connectivity index (χ0n) is 17.2. The molecule has 5 nitrogen and oxygen atoms in total. The molecular formula is C23H33N5. The molecule has 3 rings (SSSR count). The molecule has 1 aromatic heterocycles. The Bertz CT molecular complexity index is 720. The maximum atomic E-state index is 4.75. The molecule has 1 saturated heterocycles. The lowest BCUT2D eigenvalue weighted by Crippen LogP contribution is -2.42. The van der Waals surface area contributed by atoms with Crippen LogP contribution >= 0.6 is 0 Å². The van der Waals surface area contributed by atoms with E-state index >= 15 is 0 Å². The molecule has 150 valence electrons. The number of nitrogens with one attached hydrogen (secondary N) is 2. The van der Waals surface area contributed by atoms with Crippen LogP contribution in [0.25, 0.3) is 0 Å². The molecule has 1 fully saturated rings. The first-order chi connectivity index (χ1) is 13.7. The summed E-state index contributed by atoms with van der Waals surface area (Å²) in [5.74, 6) is 1.96. The first kappa shape index (κ1) is 20.2. The van der Waals surface area contributed by atoms with Crippen LogP contribution in [0.3, 0.4) is 0 Å². The van der Waals surface area contributed by atoms with E-state index in [2.05, 4.69) is 76.8 Å². The average molecular weight is 380 g/mol. The van der Waals surface area contributed by atoms with Crippen molar-refractivity contribution in [2.45, 2.75) is 52.1 Å². The second kappa shape index (κ2) is 10.7. The van der Waals surface area contributed by atoms with E-state index < -0.39 is 0 Å². The summed E-state index contributed by atoms with van der Waals surface area (Å²) in [6, 6.07) is 15.3. The number of hydrogen-bond acceptors (Lipinski definition) is 3. The molecular weight excluding hydrogens is 346 g/mol. The fourth-order valence-electron chi connectivity index (χ4n) is 3.47.